The van der Waals surface area contributed by atoms with Crippen molar-refractivity contribution in [1.29, 1.82) is 0 Å². The highest BCUT2D eigenvalue weighted by atomic mass is 32.2. The number of hydrogen-bond donors (Lipinski definition) is 0. The number of pyridine rings is 1. The van der Waals surface area contributed by atoms with Gasteiger partial charge in [0.2, 0.25) is 10.0 Å². The van der Waals surface area contributed by atoms with E-state index in [0.717, 1.165) is 18.4 Å². The quantitative estimate of drug-likeness (QED) is 0.606. The molecule has 0 N–H and O–H groups in total. The Balaban J connectivity index is 1.51. The van der Waals surface area contributed by atoms with Gasteiger partial charge < -0.3 is 0 Å². The third-order valence-electron chi connectivity index (χ3n) is 6.35. The zero-order valence-electron chi connectivity index (χ0n) is 17.4. The van der Waals surface area contributed by atoms with Gasteiger partial charge in [-0.2, -0.15) is 4.31 Å². The molecule has 1 aliphatic heterocycles. The molecule has 1 aromatic carbocycles. The molecule has 1 aliphatic carbocycles. The number of aromatic nitrogens is 3. The van der Waals surface area contributed by atoms with Crippen LogP contribution in [0.4, 0.5) is 4.39 Å². The maximum Gasteiger partial charge on any atom is 0.330 e. The molecule has 5 rings (SSSR count). The third kappa shape index (κ3) is 3.59. The van der Waals surface area contributed by atoms with E-state index in [0.29, 0.717) is 43.1 Å². The fourth-order valence-electron chi connectivity index (χ4n) is 4.45. The Morgan fingerprint density at radius 3 is 2.74 bits per heavy atom. The normalized spacial score (nSPS) is 20.4. The standard InChI is InChI=1S/C22H25FN4O3S/c1-15-12-18(8-9-19(15)23)31(29,30)25-11-3-4-17(14-25)27-21-20(5-2-10-24-21)26(22(27)28)13-16-6-7-16/h2,5,8-10,12,16-17H,3-4,6-7,11,13-14H2,1H3/t17-/m0/s1. The van der Waals surface area contributed by atoms with Gasteiger partial charge in [-0.15, -0.1) is 0 Å². The van der Waals surface area contributed by atoms with Crippen molar-refractivity contribution in [3.63, 3.8) is 0 Å². The summed E-state index contributed by atoms with van der Waals surface area (Å²) in [4.78, 5) is 17.9. The maximum absolute atomic E-state index is 13.6. The Kier molecular flexibility index (Phi) is 4.97. The number of hydrogen-bond acceptors (Lipinski definition) is 4. The molecule has 2 fully saturated rings. The minimum absolute atomic E-state index is 0.0775. The lowest BCUT2D eigenvalue weighted by atomic mass is 10.1. The second kappa shape index (κ2) is 7.56. The number of piperidine rings is 1. The zero-order chi connectivity index (χ0) is 21.8. The van der Waals surface area contributed by atoms with Crippen molar-refractivity contribution < 1.29 is 12.8 Å². The van der Waals surface area contributed by atoms with Gasteiger partial charge in [-0.25, -0.2) is 22.6 Å². The third-order valence-corrected chi connectivity index (χ3v) is 8.21. The smallest absolute Gasteiger partial charge is 0.290 e. The Labute approximate surface area is 180 Å². The summed E-state index contributed by atoms with van der Waals surface area (Å²) in [5, 5.41) is 0. The van der Waals surface area contributed by atoms with Crippen LogP contribution in [-0.4, -0.2) is 39.9 Å². The lowest BCUT2D eigenvalue weighted by molar-refractivity contribution is 0.265. The monoisotopic (exact) mass is 444 g/mol. The highest BCUT2D eigenvalue weighted by Gasteiger charge is 2.34. The maximum atomic E-state index is 13.6. The molecule has 3 heterocycles. The molecular weight excluding hydrogens is 419 g/mol. The van der Waals surface area contributed by atoms with Crippen LogP contribution in [-0.2, 0) is 16.6 Å². The summed E-state index contributed by atoms with van der Waals surface area (Å²) in [7, 11) is -3.79. The summed E-state index contributed by atoms with van der Waals surface area (Å²) in [5.41, 5.74) is 1.57. The summed E-state index contributed by atoms with van der Waals surface area (Å²) in [6.45, 7) is 2.79. The Hall–Kier alpha value is -2.52. The van der Waals surface area contributed by atoms with Gasteiger partial charge in [-0.3, -0.25) is 9.13 Å². The molecule has 0 amide bonds. The van der Waals surface area contributed by atoms with E-state index in [1.807, 2.05) is 12.1 Å². The van der Waals surface area contributed by atoms with Crippen molar-refractivity contribution in [2.45, 2.75) is 50.1 Å². The van der Waals surface area contributed by atoms with Crippen LogP contribution in [0.25, 0.3) is 11.2 Å². The van der Waals surface area contributed by atoms with Crippen molar-refractivity contribution >= 4 is 21.2 Å². The summed E-state index contributed by atoms with van der Waals surface area (Å²) >= 11 is 0. The number of nitrogens with zero attached hydrogens (tertiary/aromatic N) is 4. The molecule has 1 saturated carbocycles. The average molecular weight is 445 g/mol. The van der Waals surface area contributed by atoms with Gasteiger partial charge in [0.05, 0.1) is 16.5 Å². The largest absolute Gasteiger partial charge is 0.330 e. The molecule has 9 heteroatoms. The fraction of sp³-hybridized carbons (Fsp3) is 0.455. The highest BCUT2D eigenvalue weighted by Crippen LogP contribution is 2.32. The first-order valence-corrected chi connectivity index (χ1v) is 12.1. The topological polar surface area (TPSA) is 77.2 Å². The van der Waals surface area contributed by atoms with E-state index in [-0.39, 0.29) is 23.2 Å². The van der Waals surface area contributed by atoms with E-state index in [9.17, 15) is 17.6 Å². The second-order valence-corrected chi connectivity index (χ2v) is 10.6. The predicted octanol–water partition coefficient (Wildman–Crippen LogP) is 3.08. The van der Waals surface area contributed by atoms with E-state index in [2.05, 4.69) is 4.98 Å². The van der Waals surface area contributed by atoms with E-state index in [4.69, 9.17) is 0 Å². The van der Waals surface area contributed by atoms with E-state index < -0.39 is 15.8 Å². The molecule has 1 atom stereocenters. The number of aryl methyl sites for hydroxylation is 1. The van der Waals surface area contributed by atoms with Crippen LogP contribution in [0, 0.1) is 18.7 Å². The fourth-order valence-corrected chi connectivity index (χ4v) is 6.05. The van der Waals surface area contributed by atoms with Crippen molar-refractivity contribution in [2.24, 2.45) is 5.92 Å². The Morgan fingerprint density at radius 1 is 1.19 bits per heavy atom. The summed E-state index contributed by atoms with van der Waals surface area (Å²) in [6.07, 6.45) is 5.27. The molecule has 2 aromatic heterocycles. The molecule has 2 aliphatic rings. The minimum Gasteiger partial charge on any atom is -0.290 e. The van der Waals surface area contributed by atoms with Crippen molar-refractivity contribution in [1.82, 2.24) is 18.4 Å². The van der Waals surface area contributed by atoms with Crippen LogP contribution >= 0.6 is 0 Å². The Bertz CT molecular complexity index is 1310. The number of sulfonamides is 1. The molecule has 1 saturated heterocycles. The van der Waals surface area contributed by atoms with Crippen LogP contribution < -0.4 is 5.69 Å². The molecule has 3 aromatic rings. The summed E-state index contributed by atoms with van der Waals surface area (Å²) in [5.74, 6) is 0.0958. The van der Waals surface area contributed by atoms with Crippen molar-refractivity contribution in [2.75, 3.05) is 13.1 Å². The van der Waals surface area contributed by atoms with Gasteiger partial charge in [0.25, 0.3) is 0 Å². The molecule has 0 spiro atoms. The first kappa shape index (κ1) is 20.4. The van der Waals surface area contributed by atoms with E-state index >= 15 is 0 Å². The molecule has 164 valence electrons. The molecule has 0 unspecified atom stereocenters. The molecule has 0 bridgehead atoms. The van der Waals surface area contributed by atoms with Crippen LogP contribution in [0.2, 0.25) is 0 Å². The number of fused-ring (bicyclic) bond motifs is 1. The number of halogens is 1. The van der Waals surface area contributed by atoms with Gasteiger partial charge in [-0.05, 0) is 74.4 Å². The molecule has 31 heavy (non-hydrogen) atoms. The predicted molar refractivity (Wildman–Crippen MR) is 115 cm³/mol. The van der Waals surface area contributed by atoms with Crippen molar-refractivity contribution in [3.05, 3.63) is 58.4 Å². The number of imidazole rings is 1. The van der Waals surface area contributed by atoms with E-state index in [1.54, 1.807) is 22.3 Å². The number of rotatable bonds is 5. The van der Waals surface area contributed by atoms with Crippen LogP contribution in [0.1, 0.15) is 37.3 Å². The lowest BCUT2D eigenvalue weighted by Gasteiger charge is -2.32. The summed E-state index contributed by atoms with van der Waals surface area (Å²) in [6, 6.07) is 7.28. The van der Waals surface area contributed by atoms with Gasteiger partial charge >= 0.3 is 5.69 Å². The second-order valence-electron chi connectivity index (χ2n) is 8.62. The lowest BCUT2D eigenvalue weighted by Crippen LogP contribution is -2.43. The molecule has 7 nitrogen and oxygen atoms in total. The van der Waals surface area contributed by atoms with Gasteiger partial charge in [0.1, 0.15) is 5.82 Å². The van der Waals surface area contributed by atoms with Gasteiger partial charge in [-0.1, -0.05) is 0 Å². The van der Waals surface area contributed by atoms with Crippen LogP contribution in [0.15, 0.2) is 46.2 Å². The first-order chi connectivity index (χ1) is 14.9. The van der Waals surface area contributed by atoms with Crippen molar-refractivity contribution in [3.8, 4) is 0 Å². The number of benzene rings is 1. The van der Waals surface area contributed by atoms with Crippen LogP contribution in [0.5, 0.6) is 0 Å². The molecular formula is C22H25FN4O3S. The van der Waals surface area contributed by atoms with Gasteiger partial charge in [0, 0.05) is 25.8 Å². The first-order valence-electron chi connectivity index (χ1n) is 10.7. The highest BCUT2D eigenvalue weighted by molar-refractivity contribution is 7.89. The average Bonchev–Trinajstić information content (AvgIpc) is 3.54. The van der Waals surface area contributed by atoms with Gasteiger partial charge in [0.15, 0.2) is 5.65 Å². The minimum atomic E-state index is -3.79. The van der Waals surface area contributed by atoms with Crippen LogP contribution in [0.3, 0.4) is 0 Å². The van der Waals surface area contributed by atoms with E-state index in [1.165, 1.54) is 22.5 Å². The molecule has 0 radical (unpaired) electrons. The SMILES string of the molecule is Cc1cc(S(=O)(=O)N2CCC[C@H](n3c(=O)n(CC4CC4)c4cccnc43)C2)ccc1F. The summed E-state index contributed by atoms with van der Waals surface area (Å²) < 4.78 is 45.0. The Morgan fingerprint density at radius 2 is 2.00 bits per heavy atom. The zero-order valence-corrected chi connectivity index (χ0v) is 18.2.